The molecule has 4 aromatic heterocycles. The highest BCUT2D eigenvalue weighted by molar-refractivity contribution is 6.03. The number of hydrogen-bond acceptors (Lipinski definition) is 17. The summed E-state index contributed by atoms with van der Waals surface area (Å²) in [6, 6.07) is 19.0. The number of aliphatic hydroxyl groups excluding tert-OH is 4. The van der Waals surface area contributed by atoms with Crippen molar-refractivity contribution in [2.75, 3.05) is 88.6 Å². The number of aromatic nitrogens is 6. The Labute approximate surface area is 431 Å². The number of pyridine rings is 2. The molecule has 6 aromatic rings. The number of ether oxygens (including phenoxy) is 2. The maximum Gasteiger partial charge on any atom is 0.244 e. The number of nitrogens with zero attached hydrogens (tertiary/aromatic N) is 8. The molecule has 19 nitrogen and oxygen atoms in total. The predicted molar refractivity (Wildman–Crippen MR) is 285 cm³/mol. The number of benzene rings is 2. The zero-order chi connectivity index (χ0) is 49.1. The number of aliphatic hydroxyl groups is 4. The molecular formula is C51H68Cl2N12O7. The van der Waals surface area contributed by atoms with Crippen LogP contribution in [0.15, 0.2) is 73.1 Å². The number of Topliss-reactive ketones (excluding diaryl/α,β-unsaturated/α-hetero) is 1. The number of nitrogens with one attached hydrogen (secondary N) is 4. The molecule has 2 unspecified atom stereocenters. The summed E-state index contributed by atoms with van der Waals surface area (Å²) < 4.78 is 12.0. The fraction of sp³-hybridized carbons (Fsp3) is 0.471. The van der Waals surface area contributed by atoms with Crippen LogP contribution in [0.1, 0.15) is 39.5 Å². The van der Waals surface area contributed by atoms with Gasteiger partial charge in [0.25, 0.3) is 0 Å². The van der Waals surface area contributed by atoms with Crippen molar-refractivity contribution in [3.8, 4) is 34.0 Å². The molecule has 2 aliphatic rings. The van der Waals surface area contributed by atoms with E-state index in [1.54, 1.807) is 0 Å². The highest BCUT2D eigenvalue weighted by Gasteiger charge is 2.40. The number of H-pyrrole nitrogens is 2. The van der Waals surface area contributed by atoms with Crippen LogP contribution in [0.25, 0.3) is 44.3 Å². The standard InChI is InChI=1S/C51H66N12O7.2ClH/c1-3-33(25-52)23-41(60-15-19-62(20-16-60)45-39(35-11-7-5-8-12-35)27-54-48-43(45)50(58-56-48)69-31-37(66)29-64)47(68)42(24-34(4-2)26-53)61-17-21-63(22-18-61)46-40(36-13-9-6-10-14-36)28-55-49-44(46)51(59-57-49)70-32-38(67)30-65;;/h5-14,25-28,33-34,37-38,41-42,52-53,64-67H,3-4,15-24,29-32H2,1-2H3,(H,54,56,58)(H,55,57,59);2*1H/t33-,34-,37-,38-,41?,42?;;/m0../s1. The summed E-state index contributed by atoms with van der Waals surface area (Å²) in [4.78, 5) is 34.2. The van der Waals surface area contributed by atoms with Gasteiger partial charge in [-0.05, 0) is 61.1 Å². The fourth-order valence-corrected chi connectivity index (χ4v) is 9.78. The number of carbonyl (C=O) groups excluding carboxylic acids is 1. The van der Waals surface area contributed by atoms with Crippen LogP contribution in [0, 0.1) is 22.7 Å². The Hall–Kier alpha value is -5.77. The summed E-state index contributed by atoms with van der Waals surface area (Å²) in [6.45, 7) is 7.43. The number of anilines is 2. The SMILES string of the molecule is CC[C@H](C=N)CC(C(=O)C(C[C@@H](C=N)CC)N1CCN(c2c(-c3ccccc3)cnc3[nH]nc(OC[C@@H](O)CO)c23)CC1)N1CCN(c2c(-c3ccccc3)cnc3[nH]nc(OC[C@@H](O)CO)c23)CC1.Cl.Cl. The molecule has 2 fully saturated rings. The van der Waals surface area contributed by atoms with E-state index in [9.17, 15) is 20.4 Å². The van der Waals surface area contributed by atoms with Crippen LogP contribution >= 0.6 is 24.8 Å². The number of piperazine rings is 2. The minimum Gasteiger partial charge on any atom is -0.473 e. The molecule has 21 heteroatoms. The van der Waals surface area contributed by atoms with E-state index < -0.39 is 37.5 Å². The van der Waals surface area contributed by atoms with Gasteiger partial charge in [0.05, 0.1) is 36.7 Å². The molecule has 388 valence electrons. The van der Waals surface area contributed by atoms with Gasteiger partial charge >= 0.3 is 0 Å². The van der Waals surface area contributed by atoms with E-state index in [1.165, 1.54) is 12.4 Å². The normalized spacial score (nSPS) is 17.0. The van der Waals surface area contributed by atoms with E-state index in [-0.39, 0.29) is 67.4 Å². The molecule has 0 radical (unpaired) electrons. The van der Waals surface area contributed by atoms with Crippen molar-refractivity contribution in [3.05, 3.63) is 73.1 Å². The van der Waals surface area contributed by atoms with Crippen molar-refractivity contribution in [3.63, 3.8) is 0 Å². The third kappa shape index (κ3) is 12.3. The molecule has 8 N–H and O–H groups in total. The van der Waals surface area contributed by atoms with Gasteiger partial charge in [-0.3, -0.25) is 24.8 Å². The number of fused-ring (bicyclic) bond motifs is 2. The van der Waals surface area contributed by atoms with Crippen LogP contribution in [0.3, 0.4) is 0 Å². The van der Waals surface area contributed by atoms with Crippen molar-refractivity contribution < 1.29 is 34.7 Å². The summed E-state index contributed by atoms with van der Waals surface area (Å²) in [5.41, 5.74) is 6.48. The molecule has 6 atom stereocenters. The first-order chi connectivity index (χ1) is 34.2. The first-order valence-electron chi connectivity index (χ1n) is 24.4. The zero-order valence-corrected chi connectivity index (χ0v) is 42.4. The fourth-order valence-electron chi connectivity index (χ4n) is 9.78. The van der Waals surface area contributed by atoms with Crippen LogP contribution in [0.4, 0.5) is 11.4 Å². The third-order valence-electron chi connectivity index (χ3n) is 13.8. The maximum absolute atomic E-state index is 15.6. The molecule has 0 spiro atoms. The number of carbonyl (C=O) groups is 1. The van der Waals surface area contributed by atoms with Crippen LogP contribution < -0.4 is 19.3 Å². The topological polar surface area (TPSA) is 260 Å². The lowest BCUT2D eigenvalue weighted by molar-refractivity contribution is -0.131. The van der Waals surface area contributed by atoms with Gasteiger partial charge in [-0.25, -0.2) is 9.97 Å². The smallest absolute Gasteiger partial charge is 0.244 e. The number of ketones is 1. The van der Waals surface area contributed by atoms with E-state index in [1.807, 2.05) is 73.1 Å². The molecule has 8 rings (SSSR count). The Bertz CT molecular complexity index is 2490. The summed E-state index contributed by atoms with van der Waals surface area (Å²) >= 11 is 0. The predicted octanol–water partition coefficient (Wildman–Crippen LogP) is 5.25. The lowest BCUT2D eigenvalue weighted by atomic mass is 9.86. The van der Waals surface area contributed by atoms with Gasteiger partial charge in [-0.15, -0.1) is 35.0 Å². The molecule has 6 heterocycles. The molecule has 0 bridgehead atoms. The van der Waals surface area contributed by atoms with Gasteiger partial charge in [-0.1, -0.05) is 74.5 Å². The molecule has 2 saturated heterocycles. The molecular weight excluding hydrogens is 964 g/mol. The van der Waals surface area contributed by atoms with Crippen LogP contribution in [-0.4, -0.2) is 182 Å². The monoisotopic (exact) mass is 1030 g/mol. The van der Waals surface area contributed by atoms with E-state index in [2.05, 4.69) is 53.8 Å². The first kappa shape index (κ1) is 55.5. The highest BCUT2D eigenvalue weighted by Crippen LogP contribution is 2.42. The van der Waals surface area contributed by atoms with Gasteiger partial charge in [0.2, 0.25) is 11.8 Å². The Kier molecular flexibility index (Phi) is 20.3. The lowest BCUT2D eigenvalue weighted by Crippen LogP contribution is -2.59. The average molecular weight is 1030 g/mol. The van der Waals surface area contributed by atoms with E-state index >= 15 is 4.79 Å². The lowest BCUT2D eigenvalue weighted by Gasteiger charge is -2.45. The minimum absolute atomic E-state index is 0. The van der Waals surface area contributed by atoms with E-state index in [0.717, 1.165) is 46.5 Å². The molecule has 2 aliphatic heterocycles. The number of aromatic amines is 2. The number of hydrogen-bond donors (Lipinski definition) is 8. The number of halogens is 2. The van der Waals surface area contributed by atoms with Crippen LogP contribution in [0.5, 0.6) is 11.8 Å². The Balaban J connectivity index is 0.00000423. The Morgan fingerprint density at radius 1 is 0.639 bits per heavy atom. The summed E-state index contributed by atoms with van der Waals surface area (Å²) in [6.07, 6.45) is 6.89. The van der Waals surface area contributed by atoms with Gasteiger partial charge < -0.3 is 50.5 Å². The molecule has 72 heavy (non-hydrogen) atoms. The van der Waals surface area contributed by atoms with Crippen molar-refractivity contribution in [2.24, 2.45) is 11.8 Å². The van der Waals surface area contributed by atoms with Gasteiger partial charge in [-0.2, -0.15) is 0 Å². The second-order valence-electron chi connectivity index (χ2n) is 18.2. The molecule has 0 aliphatic carbocycles. The first-order valence-corrected chi connectivity index (χ1v) is 24.4. The van der Waals surface area contributed by atoms with Crippen molar-refractivity contribution in [1.29, 1.82) is 10.8 Å². The average Bonchev–Trinajstić information content (AvgIpc) is 4.04. The van der Waals surface area contributed by atoms with Crippen molar-refractivity contribution in [1.82, 2.24) is 40.2 Å². The quantitative estimate of drug-likeness (QED) is 0.0360. The van der Waals surface area contributed by atoms with Crippen LogP contribution in [-0.2, 0) is 4.79 Å². The Morgan fingerprint density at radius 3 is 1.35 bits per heavy atom. The van der Waals surface area contributed by atoms with Gasteiger partial charge in [0.15, 0.2) is 17.1 Å². The zero-order valence-electron chi connectivity index (χ0n) is 40.8. The van der Waals surface area contributed by atoms with E-state index in [0.29, 0.717) is 87.3 Å². The number of rotatable bonds is 24. The third-order valence-corrected chi connectivity index (χ3v) is 13.8. The molecule has 0 amide bonds. The van der Waals surface area contributed by atoms with Crippen molar-refractivity contribution in [2.45, 2.75) is 63.8 Å². The summed E-state index contributed by atoms with van der Waals surface area (Å²) in [7, 11) is 0. The highest BCUT2D eigenvalue weighted by atomic mass is 35.5. The second-order valence-corrected chi connectivity index (χ2v) is 18.2. The van der Waals surface area contributed by atoms with Crippen molar-refractivity contribution >= 4 is 76.5 Å². The Morgan fingerprint density at radius 2 is 1.01 bits per heavy atom. The van der Waals surface area contributed by atoms with Crippen LogP contribution in [0.2, 0.25) is 0 Å². The van der Waals surface area contributed by atoms with Gasteiger partial charge in [0, 0.05) is 75.9 Å². The largest absolute Gasteiger partial charge is 0.473 e. The maximum atomic E-state index is 15.6. The molecule has 0 saturated carbocycles. The minimum atomic E-state index is -1.08. The molecule has 2 aromatic carbocycles. The second kappa shape index (κ2) is 26.3. The van der Waals surface area contributed by atoms with E-state index in [4.69, 9.17) is 30.3 Å². The van der Waals surface area contributed by atoms with Gasteiger partial charge in [0.1, 0.15) is 36.2 Å². The summed E-state index contributed by atoms with van der Waals surface area (Å²) in [5, 5.41) is 72.3. The summed E-state index contributed by atoms with van der Waals surface area (Å²) in [5.74, 6) is 0.449.